The van der Waals surface area contributed by atoms with E-state index >= 15 is 0 Å². The van der Waals surface area contributed by atoms with Crippen molar-refractivity contribution in [2.75, 3.05) is 5.75 Å². The molecule has 2 aromatic carbocycles. The van der Waals surface area contributed by atoms with E-state index in [1.54, 1.807) is 6.21 Å². The van der Waals surface area contributed by atoms with E-state index in [1.807, 2.05) is 36.4 Å². The van der Waals surface area contributed by atoms with Crippen molar-refractivity contribution in [3.8, 4) is 5.75 Å². The van der Waals surface area contributed by atoms with E-state index in [1.165, 1.54) is 17.3 Å². The summed E-state index contributed by atoms with van der Waals surface area (Å²) in [5.41, 5.74) is 3.28. The SMILES string of the molecule is Cc1cccc(COc2ccc(C=NN=C3NC(=O)CS3)cc2)c1. The predicted molar refractivity (Wildman–Crippen MR) is 97.6 cm³/mol. The molecule has 1 N–H and O–H groups in total. The van der Waals surface area contributed by atoms with Gasteiger partial charge < -0.3 is 10.1 Å². The molecule has 0 saturated carbocycles. The zero-order valence-corrected chi connectivity index (χ0v) is 14.0. The van der Waals surface area contributed by atoms with Gasteiger partial charge in [-0.3, -0.25) is 4.79 Å². The van der Waals surface area contributed by atoms with Crippen LogP contribution in [0.1, 0.15) is 16.7 Å². The lowest BCUT2D eigenvalue weighted by atomic mass is 10.1. The van der Waals surface area contributed by atoms with E-state index in [4.69, 9.17) is 4.74 Å². The Hall–Kier alpha value is -2.60. The maximum absolute atomic E-state index is 11.0. The standard InChI is InChI=1S/C18H17N3O2S/c1-13-3-2-4-15(9-13)11-23-16-7-5-14(6-8-16)10-19-21-18-20-17(22)12-24-18/h2-10H,11-12H2,1H3,(H,20,21,22). The van der Waals surface area contributed by atoms with Gasteiger partial charge in [-0.05, 0) is 42.3 Å². The Morgan fingerprint density at radius 2 is 2.08 bits per heavy atom. The number of nitrogens with zero attached hydrogens (tertiary/aromatic N) is 2. The Kier molecular flexibility index (Phi) is 5.28. The summed E-state index contributed by atoms with van der Waals surface area (Å²) in [5, 5.41) is 11.1. The molecule has 1 heterocycles. The molecule has 122 valence electrons. The summed E-state index contributed by atoms with van der Waals surface area (Å²) >= 11 is 1.35. The fraction of sp³-hybridized carbons (Fsp3) is 0.167. The van der Waals surface area contributed by atoms with Crippen molar-refractivity contribution in [2.45, 2.75) is 13.5 Å². The van der Waals surface area contributed by atoms with Crippen molar-refractivity contribution in [1.82, 2.24) is 5.32 Å². The highest BCUT2D eigenvalue weighted by Crippen LogP contribution is 2.14. The van der Waals surface area contributed by atoms with Gasteiger partial charge in [-0.15, -0.1) is 5.10 Å². The highest BCUT2D eigenvalue weighted by atomic mass is 32.2. The lowest BCUT2D eigenvalue weighted by Crippen LogP contribution is -2.19. The quantitative estimate of drug-likeness (QED) is 0.672. The summed E-state index contributed by atoms with van der Waals surface area (Å²) < 4.78 is 5.78. The van der Waals surface area contributed by atoms with Crippen molar-refractivity contribution >= 4 is 29.1 Å². The highest BCUT2D eigenvalue weighted by molar-refractivity contribution is 8.15. The monoisotopic (exact) mass is 339 g/mol. The van der Waals surface area contributed by atoms with Crippen LogP contribution < -0.4 is 10.1 Å². The lowest BCUT2D eigenvalue weighted by Gasteiger charge is -2.07. The predicted octanol–water partition coefficient (Wildman–Crippen LogP) is 3.13. The van der Waals surface area contributed by atoms with Gasteiger partial charge in [0.05, 0.1) is 12.0 Å². The molecule has 1 amide bonds. The second kappa shape index (κ2) is 7.79. The minimum Gasteiger partial charge on any atom is -0.489 e. The molecular weight excluding hydrogens is 322 g/mol. The molecule has 3 rings (SSSR count). The second-order valence-corrected chi connectivity index (χ2v) is 6.30. The van der Waals surface area contributed by atoms with Crippen LogP contribution >= 0.6 is 11.8 Å². The van der Waals surface area contributed by atoms with Crippen molar-refractivity contribution in [3.63, 3.8) is 0 Å². The average molecular weight is 339 g/mol. The smallest absolute Gasteiger partial charge is 0.236 e. The van der Waals surface area contributed by atoms with E-state index in [2.05, 4.69) is 34.6 Å². The van der Waals surface area contributed by atoms with Gasteiger partial charge in [0.25, 0.3) is 0 Å². The molecular formula is C18H17N3O2S. The summed E-state index contributed by atoms with van der Waals surface area (Å²) in [4.78, 5) is 11.0. The average Bonchev–Trinajstić information content (AvgIpc) is 3.00. The molecule has 0 aromatic heterocycles. The van der Waals surface area contributed by atoms with Gasteiger partial charge in [0.2, 0.25) is 5.91 Å². The minimum atomic E-state index is -0.0379. The fourth-order valence-corrected chi connectivity index (χ4v) is 2.78. The molecule has 1 saturated heterocycles. The van der Waals surface area contributed by atoms with Gasteiger partial charge in [0.15, 0.2) is 5.17 Å². The Bertz CT molecular complexity index is 785. The first-order chi connectivity index (χ1) is 11.7. The Morgan fingerprint density at radius 1 is 1.25 bits per heavy atom. The third-order valence-corrected chi connectivity index (χ3v) is 4.17. The van der Waals surface area contributed by atoms with Crippen molar-refractivity contribution in [3.05, 3.63) is 65.2 Å². The molecule has 0 aliphatic carbocycles. The number of carbonyl (C=O) groups is 1. The number of ether oxygens (including phenoxy) is 1. The number of thioether (sulfide) groups is 1. The number of carbonyl (C=O) groups excluding carboxylic acids is 1. The number of nitrogens with one attached hydrogen (secondary N) is 1. The molecule has 0 unspecified atom stereocenters. The first kappa shape index (κ1) is 16.3. The zero-order valence-electron chi connectivity index (χ0n) is 13.2. The molecule has 2 aromatic rings. The van der Waals surface area contributed by atoms with E-state index in [9.17, 15) is 4.79 Å². The van der Waals surface area contributed by atoms with Gasteiger partial charge in [0, 0.05) is 0 Å². The fourth-order valence-electron chi connectivity index (χ4n) is 2.15. The summed E-state index contributed by atoms with van der Waals surface area (Å²) in [6.45, 7) is 2.61. The van der Waals surface area contributed by atoms with E-state index in [-0.39, 0.29) is 5.91 Å². The number of hydrogen-bond acceptors (Lipinski definition) is 5. The van der Waals surface area contributed by atoms with Crippen LogP contribution in [0.25, 0.3) is 0 Å². The number of amides is 1. The Labute approximate surface area is 144 Å². The first-order valence-corrected chi connectivity index (χ1v) is 8.50. The molecule has 1 fully saturated rings. The Balaban J connectivity index is 1.54. The summed E-state index contributed by atoms with van der Waals surface area (Å²) in [6, 6.07) is 15.9. The maximum Gasteiger partial charge on any atom is 0.236 e. The summed E-state index contributed by atoms with van der Waals surface area (Å²) in [6.07, 6.45) is 1.64. The van der Waals surface area contributed by atoms with E-state index < -0.39 is 0 Å². The zero-order chi connectivity index (χ0) is 16.8. The molecule has 0 bridgehead atoms. The molecule has 5 nitrogen and oxygen atoms in total. The molecule has 0 spiro atoms. The van der Waals surface area contributed by atoms with Gasteiger partial charge in [-0.25, -0.2) is 0 Å². The van der Waals surface area contributed by atoms with Crippen LogP contribution in [0.15, 0.2) is 58.7 Å². The molecule has 0 radical (unpaired) electrons. The molecule has 0 atom stereocenters. The van der Waals surface area contributed by atoms with Crippen LogP contribution in [0.4, 0.5) is 0 Å². The third kappa shape index (κ3) is 4.70. The van der Waals surface area contributed by atoms with Gasteiger partial charge in [-0.1, -0.05) is 41.6 Å². The van der Waals surface area contributed by atoms with Crippen molar-refractivity contribution < 1.29 is 9.53 Å². The second-order valence-electron chi connectivity index (χ2n) is 5.33. The molecule has 1 aliphatic rings. The first-order valence-electron chi connectivity index (χ1n) is 7.51. The number of aryl methyl sites for hydroxylation is 1. The molecule has 1 aliphatic heterocycles. The normalized spacial score (nSPS) is 15.9. The van der Waals surface area contributed by atoms with Crippen molar-refractivity contribution in [2.24, 2.45) is 10.2 Å². The number of benzene rings is 2. The molecule has 6 heteroatoms. The molecule has 24 heavy (non-hydrogen) atoms. The Morgan fingerprint density at radius 3 is 2.79 bits per heavy atom. The lowest BCUT2D eigenvalue weighted by molar-refractivity contribution is -0.116. The maximum atomic E-state index is 11.0. The van der Waals surface area contributed by atoms with Crippen LogP contribution in [0, 0.1) is 6.92 Å². The summed E-state index contributed by atoms with van der Waals surface area (Å²) in [5.74, 6) is 1.17. The van der Waals surface area contributed by atoms with Gasteiger partial charge >= 0.3 is 0 Å². The topological polar surface area (TPSA) is 63.1 Å². The highest BCUT2D eigenvalue weighted by Gasteiger charge is 2.15. The summed E-state index contributed by atoms with van der Waals surface area (Å²) in [7, 11) is 0. The third-order valence-electron chi connectivity index (χ3n) is 3.31. The van der Waals surface area contributed by atoms with E-state index in [0.29, 0.717) is 17.5 Å². The largest absolute Gasteiger partial charge is 0.489 e. The number of amidine groups is 1. The van der Waals surface area contributed by atoms with Crippen LogP contribution in [0.3, 0.4) is 0 Å². The van der Waals surface area contributed by atoms with Crippen LogP contribution in [-0.4, -0.2) is 23.0 Å². The van der Waals surface area contributed by atoms with Gasteiger partial charge in [0.1, 0.15) is 12.4 Å². The number of rotatable bonds is 5. The van der Waals surface area contributed by atoms with Crippen LogP contribution in [0.5, 0.6) is 5.75 Å². The van der Waals surface area contributed by atoms with Crippen LogP contribution in [0.2, 0.25) is 0 Å². The van der Waals surface area contributed by atoms with E-state index in [0.717, 1.165) is 16.9 Å². The minimum absolute atomic E-state index is 0.0379. The van der Waals surface area contributed by atoms with Crippen LogP contribution in [-0.2, 0) is 11.4 Å². The van der Waals surface area contributed by atoms with Gasteiger partial charge in [-0.2, -0.15) is 5.10 Å². The number of hydrogen-bond donors (Lipinski definition) is 1. The van der Waals surface area contributed by atoms with Crippen molar-refractivity contribution in [1.29, 1.82) is 0 Å².